The Morgan fingerprint density at radius 1 is 1.00 bits per heavy atom. The molecule has 1 aliphatic heterocycles. The molecule has 1 N–H and O–H groups in total. The summed E-state index contributed by atoms with van der Waals surface area (Å²) < 4.78 is 46.7. The lowest BCUT2D eigenvalue weighted by atomic mass is 10.1. The molecule has 0 bridgehead atoms. The lowest BCUT2D eigenvalue weighted by molar-refractivity contribution is -0.274. The SMILES string of the molecule is CC(C)(C)OC(=O)N1CCN(Sc2ccc(C3CC3)cc2)CC1.O=CNCc1ccc(OC(F)(F)F)cc1. The number of rotatable bonds is 7. The number of alkyl halides is 3. The number of nitrogens with one attached hydrogen (secondary N) is 1. The van der Waals surface area contributed by atoms with E-state index in [1.807, 2.05) is 20.8 Å². The van der Waals surface area contributed by atoms with E-state index in [2.05, 4.69) is 38.6 Å². The molecular weight excluding hydrogens is 519 g/mol. The van der Waals surface area contributed by atoms with Crippen LogP contribution in [0.15, 0.2) is 53.4 Å². The average Bonchev–Trinajstić information content (AvgIpc) is 3.69. The third-order valence-corrected chi connectivity index (χ3v) is 6.71. The fourth-order valence-corrected chi connectivity index (χ4v) is 4.53. The Hall–Kier alpha value is -2.92. The first-order chi connectivity index (χ1) is 17.9. The van der Waals surface area contributed by atoms with Gasteiger partial charge in [-0.05, 0) is 86.9 Å². The number of ether oxygens (including phenoxy) is 2. The minimum Gasteiger partial charge on any atom is -0.444 e. The largest absolute Gasteiger partial charge is 0.573 e. The molecule has 7 nitrogen and oxygen atoms in total. The van der Waals surface area contributed by atoms with E-state index in [9.17, 15) is 22.8 Å². The van der Waals surface area contributed by atoms with Crippen molar-refractivity contribution in [3.05, 3.63) is 59.7 Å². The summed E-state index contributed by atoms with van der Waals surface area (Å²) in [6.07, 6.45) is -1.67. The predicted octanol–water partition coefficient (Wildman–Crippen LogP) is 5.96. The molecular formula is C27H34F3N3O4S. The van der Waals surface area contributed by atoms with Gasteiger partial charge in [-0.25, -0.2) is 9.10 Å². The van der Waals surface area contributed by atoms with Crippen molar-refractivity contribution in [3.8, 4) is 5.75 Å². The van der Waals surface area contributed by atoms with E-state index in [1.54, 1.807) is 16.8 Å². The van der Waals surface area contributed by atoms with Gasteiger partial charge in [0.1, 0.15) is 11.4 Å². The van der Waals surface area contributed by atoms with Crippen LogP contribution in [0.2, 0.25) is 0 Å². The second-order valence-electron chi connectivity index (χ2n) is 10.0. The molecule has 208 valence electrons. The van der Waals surface area contributed by atoms with Crippen molar-refractivity contribution < 1.29 is 32.2 Å². The molecule has 1 saturated heterocycles. The number of carbonyl (C=O) groups is 2. The van der Waals surface area contributed by atoms with Gasteiger partial charge in [-0.15, -0.1) is 13.2 Å². The molecule has 2 aromatic carbocycles. The van der Waals surface area contributed by atoms with Crippen molar-refractivity contribution in [2.24, 2.45) is 0 Å². The molecule has 11 heteroatoms. The van der Waals surface area contributed by atoms with Crippen molar-refractivity contribution >= 4 is 24.5 Å². The van der Waals surface area contributed by atoms with Crippen molar-refractivity contribution in [1.82, 2.24) is 14.5 Å². The van der Waals surface area contributed by atoms with Gasteiger partial charge < -0.3 is 19.7 Å². The average molecular weight is 554 g/mol. The van der Waals surface area contributed by atoms with Crippen LogP contribution in [0.3, 0.4) is 0 Å². The molecule has 2 aliphatic rings. The Morgan fingerprint density at radius 3 is 2.11 bits per heavy atom. The van der Waals surface area contributed by atoms with Crippen LogP contribution in [0.4, 0.5) is 18.0 Å². The Balaban J connectivity index is 0.000000232. The summed E-state index contributed by atoms with van der Waals surface area (Å²) >= 11 is 1.79. The smallest absolute Gasteiger partial charge is 0.444 e. The zero-order valence-electron chi connectivity index (χ0n) is 21.8. The maximum absolute atomic E-state index is 12.1. The fourth-order valence-electron chi connectivity index (χ4n) is 3.62. The van der Waals surface area contributed by atoms with Crippen molar-refractivity contribution in [2.75, 3.05) is 26.2 Å². The van der Waals surface area contributed by atoms with Crippen LogP contribution in [-0.4, -0.2) is 59.9 Å². The van der Waals surface area contributed by atoms with Crippen LogP contribution in [-0.2, 0) is 16.1 Å². The third kappa shape index (κ3) is 10.8. The third-order valence-electron chi connectivity index (χ3n) is 5.60. The first-order valence-corrected chi connectivity index (χ1v) is 13.2. The Morgan fingerprint density at radius 2 is 1.61 bits per heavy atom. The maximum Gasteiger partial charge on any atom is 0.573 e. The number of nitrogens with zero attached hydrogens (tertiary/aromatic N) is 2. The van der Waals surface area contributed by atoms with Crippen LogP contribution in [0.25, 0.3) is 0 Å². The van der Waals surface area contributed by atoms with E-state index in [0.717, 1.165) is 32.1 Å². The standard InChI is InChI=1S/C18H26N2O2S.C9H8F3NO2/c1-18(2,3)22-17(21)19-10-12-20(13-11-19)23-16-8-6-15(7-9-16)14-4-5-14;10-9(11,12)15-8-3-1-7(2-4-8)5-13-6-14/h6-9,14H,4-5,10-13H2,1-3H3;1-4,6H,5H2,(H,13,14). The lowest BCUT2D eigenvalue weighted by Gasteiger charge is -2.34. The summed E-state index contributed by atoms with van der Waals surface area (Å²) in [5.74, 6) is 0.531. The second-order valence-corrected chi connectivity index (χ2v) is 11.2. The van der Waals surface area contributed by atoms with Crippen LogP contribution in [0.5, 0.6) is 5.75 Å². The minimum atomic E-state index is -4.68. The van der Waals surface area contributed by atoms with E-state index in [-0.39, 0.29) is 18.4 Å². The van der Waals surface area contributed by atoms with Gasteiger partial charge in [0, 0.05) is 37.6 Å². The zero-order valence-corrected chi connectivity index (χ0v) is 22.6. The first-order valence-electron chi connectivity index (χ1n) is 12.4. The fraction of sp³-hybridized carbons (Fsp3) is 0.481. The molecule has 1 heterocycles. The van der Waals surface area contributed by atoms with E-state index in [0.29, 0.717) is 12.0 Å². The summed E-state index contributed by atoms with van der Waals surface area (Å²) in [6, 6.07) is 14.2. The number of hydrogen-bond donors (Lipinski definition) is 1. The second kappa shape index (κ2) is 13.2. The van der Waals surface area contributed by atoms with Gasteiger partial charge in [0.25, 0.3) is 0 Å². The Labute approximate surface area is 225 Å². The number of hydrogen-bond acceptors (Lipinski definition) is 6. The highest BCUT2D eigenvalue weighted by atomic mass is 32.2. The quantitative estimate of drug-likeness (QED) is 0.337. The highest BCUT2D eigenvalue weighted by Crippen LogP contribution is 2.40. The van der Waals surface area contributed by atoms with Crippen LogP contribution in [0, 0.1) is 0 Å². The molecule has 1 saturated carbocycles. The molecule has 0 spiro atoms. The molecule has 38 heavy (non-hydrogen) atoms. The topological polar surface area (TPSA) is 71.1 Å². The Kier molecular flexibility index (Phi) is 10.3. The van der Waals surface area contributed by atoms with Crippen LogP contribution >= 0.6 is 11.9 Å². The van der Waals surface area contributed by atoms with Gasteiger partial charge in [-0.3, -0.25) is 4.79 Å². The molecule has 0 unspecified atom stereocenters. The number of carbonyl (C=O) groups excluding carboxylic acids is 2. The van der Waals surface area contributed by atoms with Gasteiger partial charge in [0.05, 0.1) is 0 Å². The summed E-state index contributed by atoms with van der Waals surface area (Å²) in [6.45, 7) is 9.18. The van der Waals surface area contributed by atoms with Crippen molar-refractivity contribution in [2.45, 2.75) is 62.9 Å². The molecule has 4 rings (SSSR count). The van der Waals surface area contributed by atoms with Gasteiger partial charge in [0.2, 0.25) is 6.41 Å². The van der Waals surface area contributed by atoms with Crippen molar-refractivity contribution in [3.63, 3.8) is 0 Å². The number of benzene rings is 2. The highest BCUT2D eigenvalue weighted by molar-refractivity contribution is 7.97. The van der Waals surface area contributed by atoms with Crippen LogP contribution in [0.1, 0.15) is 50.7 Å². The first kappa shape index (κ1) is 29.6. The molecule has 0 atom stereocenters. The maximum atomic E-state index is 12.1. The summed E-state index contributed by atoms with van der Waals surface area (Å²) in [7, 11) is 0. The molecule has 2 aromatic rings. The molecule has 0 radical (unpaired) electrons. The van der Waals surface area contributed by atoms with E-state index in [1.165, 1.54) is 47.6 Å². The number of halogens is 3. The van der Waals surface area contributed by atoms with Crippen LogP contribution < -0.4 is 10.1 Å². The van der Waals surface area contributed by atoms with E-state index < -0.39 is 12.0 Å². The summed E-state index contributed by atoms with van der Waals surface area (Å²) in [5, 5.41) is 2.39. The molecule has 1 aliphatic carbocycles. The molecule has 2 amide bonds. The van der Waals surface area contributed by atoms with Gasteiger partial charge in [-0.2, -0.15) is 0 Å². The normalized spacial score (nSPS) is 16.2. The minimum absolute atomic E-state index is 0.198. The Bertz CT molecular complexity index is 1030. The number of piperazine rings is 1. The van der Waals surface area contributed by atoms with E-state index >= 15 is 0 Å². The zero-order chi connectivity index (χ0) is 27.8. The van der Waals surface area contributed by atoms with Gasteiger partial charge in [0.15, 0.2) is 0 Å². The molecule has 2 fully saturated rings. The molecule has 0 aromatic heterocycles. The monoisotopic (exact) mass is 553 g/mol. The lowest BCUT2D eigenvalue weighted by Crippen LogP contribution is -2.47. The summed E-state index contributed by atoms with van der Waals surface area (Å²) in [4.78, 5) is 25.1. The number of amides is 2. The predicted molar refractivity (Wildman–Crippen MR) is 140 cm³/mol. The highest BCUT2D eigenvalue weighted by Gasteiger charge is 2.31. The van der Waals surface area contributed by atoms with Gasteiger partial charge >= 0.3 is 12.5 Å². The van der Waals surface area contributed by atoms with Crippen molar-refractivity contribution in [1.29, 1.82) is 0 Å². The van der Waals surface area contributed by atoms with E-state index in [4.69, 9.17) is 4.74 Å². The van der Waals surface area contributed by atoms with Gasteiger partial charge in [-0.1, -0.05) is 24.3 Å². The summed E-state index contributed by atoms with van der Waals surface area (Å²) in [5.41, 5.74) is 1.74.